The number of carbonyl (C=O) groups is 1. The minimum Gasteiger partial charge on any atom is -0.456 e. The summed E-state index contributed by atoms with van der Waals surface area (Å²) in [6.07, 6.45) is 0.672. The van der Waals surface area contributed by atoms with Gasteiger partial charge in [-0.25, -0.2) is 0 Å². The van der Waals surface area contributed by atoms with E-state index in [1.54, 1.807) is 17.8 Å². The van der Waals surface area contributed by atoms with Crippen LogP contribution < -0.4 is 5.32 Å². The summed E-state index contributed by atoms with van der Waals surface area (Å²) in [6.45, 7) is 6.34. The summed E-state index contributed by atoms with van der Waals surface area (Å²) >= 11 is 1.62. The Bertz CT molecular complexity index is 1190. The molecule has 156 valence electrons. The van der Waals surface area contributed by atoms with Crippen molar-refractivity contribution in [2.75, 3.05) is 5.32 Å². The zero-order chi connectivity index (χ0) is 21.8. The molecule has 4 aromatic rings. The number of rotatable bonds is 6. The fourth-order valence-corrected chi connectivity index (χ4v) is 4.64. The summed E-state index contributed by atoms with van der Waals surface area (Å²) in [4.78, 5) is 15.0. The molecule has 0 fully saturated rings. The summed E-state index contributed by atoms with van der Waals surface area (Å²) in [6, 6.07) is 25.9. The van der Waals surface area contributed by atoms with Gasteiger partial charge in [-0.05, 0) is 73.9 Å². The second-order valence-electron chi connectivity index (χ2n) is 7.69. The maximum Gasteiger partial charge on any atom is 0.291 e. The van der Waals surface area contributed by atoms with Crippen molar-refractivity contribution in [3.63, 3.8) is 0 Å². The molecule has 0 aliphatic heterocycles. The van der Waals surface area contributed by atoms with Gasteiger partial charge in [0.15, 0.2) is 5.76 Å². The smallest absolute Gasteiger partial charge is 0.291 e. The number of aryl methyl sites for hydroxylation is 3. The third-order valence-electron chi connectivity index (χ3n) is 5.18. The van der Waals surface area contributed by atoms with Gasteiger partial charge in [-0.3, -0.25) is 4.79 Å². The molecule has 1 N–H and O–H groups in total. The van der Waals surface area contributed by atoms with Crippen molar-refractivity contribution < 1.29 is 9.21 Å². The van der Waals surface area contributed by atoms with Crippen molar-refractivity contribution >= 4 is 23.4 Å². The number of amides is 1. The molecule has 0 aliphatic carbocycles. The van der Waals surface area contributed by atoms with Crippen LogP contribution in [0.25, 0.3) is 0 Å². The van der Waals surface area contributed by atoms with Crippen LogP contribution in [0.2, 0.25) is 0 Å². The predicted octanol–water partition coefficient (Wildman–Crippen LogP) is 7.20. The Morgan fingerprint density at radius 3 is 2.29 bits per heavy atom. The van der Waals surface area contributed by atoms with Crippen LogP contribution in [0.4, 0.5) is 5.69 Å². The third kappa shape index (κ3) is 5.09. The van der Waals surface area contributed by atoms with Crippen LogP contribution >= 0.6 is 11.8 Å². The lowest BCUT2D eigenvalue weighted by atomic mass is 9.97. The molecule has 0 aliphatic rings. The standard InChI is InChI=1S/C27H25NO2S/c1-18-15-19(2)23(20(3)16-18)17-21-13-14-25(30-21)27(29)28-24-11-7-8-12-26(24)31-22-9-5-4-6-10-22/h4-16H,17H2,1-3H3,(H,28,29). The Balaban J connectivity index is 1.49. The fourth-order valence-electron chi connectivity index (χ4n) is 3.72. The van der Waals surface area contributed by atoms with Crippen molar-refractivity contribution in [3.8, 4) is 0 Å². The van der Waals surface area contributed by atoms with E-state index in [-0.39, 0.29) is 5.91 Å². The zero-order valence-corrected chi connectivity index (χ0v) is 18.8. The lowest BCUT2D eigenvalue weighted by molar-refractivity contribution is 0.0995. The van der Waals surface area contributed by atoms with Crippen molar-refractivity contribution in [1.82, 2.24) is 0 Å². The highest BCUT2D eigenvalue weighted by atomic mass is 32.2. The number of nitrogens with one attached hydrogen (secondary N) is 1. The van der Waals surface area contributed by atoms with Gasteiger partial charge in [-0.15, -0.1) is 0 Å². The molecule has 0 atom stereocenters. The highest BCUT2D eigenvalue weighted by Crippen LogP contribution is 2.33. The Hall–Kier alpha value is -3.24. The first-order valence-corrected chi connectivity index (χ1v) is 11.1. The average Bonchev–Trinajstić information content (AvgIpc) is 3.22. The number of hydrogen-bond donors (Lipinski definition) is 1. The Morgan fingerprint density at radius 1 is 0.871 bits per heavy atom. The number of benzene rings is 3. The lowest BCUT2D eigenvalue weighted by Gasteiger charge is -2.10. The van der Waals surface area contributed by atoms with Crippen LogP contribution in [0.5, 0.6) is 0 Å². The van der Waals surface area contributed by atoms with Crippen LogP contribution in [-0.2, 0) is 6.42 Å². The van der Waals surface area contributed by atoms with Crippen molar-refractivity contribution in [1.29, 1.82) is 0 Å². The second kappa shape index (κ2) is 9.27. The van der Waals surface area contributed by atoms with Gasteiger partial charge in [0, 0.05) is 16.2 Å². The van der Waals surface area contributed by atoms with Gasteiger partial charge >= 0.3 is 0 Å². The molecule has 4 heteroatoms. The van der Waals surface area contributed by atoms with Crippen LogP contribution in [0.15, 0.2) is 93.1 Å². The van der Waals surface area contributed by atoms with E-state index in [1.807, 2.05) is 48.5 Å². The Kier molecular flexibility index (Phi) is 6.28. The SMILES string of the molecule is Cc1cc(C)c(Cc2ccc(C(=O)Nc3ccccc3Sc3ccccc3)o2)c(C)c1. The summed E-state index contributed by atoms with van der Waals surface area (Å²) < 4.78 is 5.90. The van der Waals surface area contributed by atoms with E-state index in [0.29, 0.717) is 12.2 Å². The first kappa shape index (κ1) is 21.0. The molecule has 0 unspecified atom stereocenters. The molecule has 0 bridgehead atoms. The van der Waals surface area contributed by atoms with Crippen molar-refractivity contribution in [3.05, 3.63) is 113 Å². The first-order chi connectivity index (χ1) is 15.0. The molecule has 1 aromatic heterocycles. The van der Waals surface area contributed by atoms with Crippen LogP contribution in [0.3, 0.4) is 0 Å². The van der Waals surface area contributed by atoms with E-state index in [0.717, 1.165) is 21.2 Å². The number of para-hydroxylation sites is 1. The molecule has 0 saturated heterocycles. The zero-order valence-electron chi connectivity index (χ0n) is 17.9. The summed E-state index contributed by atoms with van der Waals surface area (Å²) in [5, 5.41) is 3.00. The van der Waals surface area contributed by atoms with Gasteiger partial charge in [0.1, 0.15) is 5.76 Å². The van der Waals surface area contributed by atoms with Crippen molar-refractivity contribution in [2.45, 2.75) is 37.0 Å². The predicted molar refractivity (Wildman–Crippen MR) is 127 cm³/mol. The monoisotopic (exact) mass is 427 g/mol. The quantitative estimate of drug-likeness (QED) is 0.354. The molecular formula is C27H25NO2S. The normalized spacial score (nSPS) is 10.8. The van der Waals surface area contributed by atoms with E-state index in [2.05, 4.69) is 50.4 Å². The third-order valence-corrected chi connectivity index (χ3v) is 6.27. The first-order valence-electron chi connectivity index (χ1n) is 10.3. The summed E-state index contributed by atoms with van der Waals surface area (Å²) in [7, 11) is 0. The van der Waals surface area contributed by atoms with E-state index < -0.39 is 0 Å². The van der Waals surface area contributed by atoms with Gasteiger partial charge in [0.25, 0.3) is 5.91 Å². The van der Waals surface area contributed by atoms with Crippen LogP contribution in [0.1, 0.15) is 38.6 Å². The number of carbonyl (C=O) groups excluding carboxylic acids is 1. The van der Waals surface area contributed by atoms with Gasteiger partial charge < -0.3 is 9.73 Å². The molecule has 0 spiro atoms. The number of hydrogen-bond acceptors (Lipinski definition) is 3. The highest BCUT2D eigenvalue weighted by molar-refractivity contribution is 7.99. The minimum absolute atomic E-state index is 0.246. The molecule has 3 nitrogen and oxygen atoms in total. The molecule has 0 radical (unpaired) electrons. The number of furan rings is 1. The fraction of sp³-hybridized carbons (Fsp3) is 0.148. The Labute approximate surface area is 187 Å². The molecule has 31 heavy (non-hydrogen) atoms. The summed E-state index contributed by atoms with van der Waals surface area (Å²) in [5.41, 5.74) is 5.75. The van der Waals surface area contributed by atoms with E-state index in [9.17, 15) is 4.79 Å². The average molecular weight is 428 g/mol. The lowest BCUT2D eigenvalue weighted by Crippen LogP contribution is -2.11. The van der Waals surface area contributed by atoms with Gasteiger partial charge in [-0.2, -0.15) is 0 Å². The Morgan fingerprint density at radius 2 is 1.55 bits per heavy atom. The second-order valence-corrected chi connectivity index (χ2v) is 8.80. The molecule has 3 aromatic carbocycles. The molecular weight excluding hydrogens is 402 g/mol. The van der Waals surface area contributed by atoms with Gasteiger partial charge in [-0.1, -0.05) is 59.8 Å². The van der Waals surface area contributed by atoms with Gasteiger partial charge in [0.2, 0.25) is 0 Å². The van der Waals surface area contributed by atoms with Gasteiger partial charge in [0.05, 0.1) is 5.69 Å². The summed E-state index contributed by atoms with van der Waals surface area (Å²) in [5.74, 6) is 0.855. The minimum atomic E-state index is -0.246. The topological polar surface area (TPSA) is 42.2 Å². The van der Waals surface area contributed by atoms with E-state index >= 15 is 0 Å². The van der Waals surface area contributed by atoms with E-state index in [1.165, 1.54) is 22.3 Å². The maximum absolute atomic E-state index is 12.8. The number of anilines is 1. The molecule has 0 saturated carbocycles. The molecule has 1 heterocycles. The highest BCUT2D eigenvalue weighted by Gasteiger charge is 2.15. The van der Waals surface area contributed by atoms with Crippen LogP contribution in [-0.4, -0.2) is 5.91 Å². The molecule has 1 amide bonds. The van der Waals surface area contributed by atoms with Crippen LogP contribution in [0, 0.1) is 20.8 Å². The maximum atomic E-state index is 12.8. The largest absolute Gasteiger partial charge is 0.456 e. The van der Waals surface area contributed by atoms with Crippen molar-refractivity contribution in [2.24, 2.45) is 0 Å². The van der Waals surface area contributed by atoms with E-state index in [4.69, 9.17) is 4.42 Å². The molecule has 4 rings (SSSR count).